The first-order valence-electron chi connectivity index (χ1n) is 9.98. The van der Waals surface area contributed by atoms with E-state index >= 15 is 0 Å². The average molecular weight is 403 g/mol. The number of pyridine rings is 1. The number of nitrogens with zero attached hydrogens (tertiary/aromatic N) is 4. The number of amides is 1. The fourth-order valence-corrected chi connectivity index (χ4v) is 3.79. The van der Waals surface area contributed by atoms with E-state index in [9.17, 15) is 4.79 Å². The zero-order valence-corrected chi connectivity index (χ0v) is 16.3. The molecule has 8 nitrogen and oxygen atoms in total. The molecule has 5 rings (SSSR count). The molecule has 30 heavy (non-hydrogen) atoms. The Morgan fingerprint density at radius 3 is 3.00 bits per heavy atom. The molecule has 1 atom stereocenters. The third-order valence-electron chi connectivity index (χ3n) is 5.33. The first kappa shape index (κ1) is 18.5. The molecule has 1 N–H and O–H groups in total. The Balaban J connectivity index is 1.22. The summed E-state index contributed by atoms with van der Waals surface area (Å²) in [5.41, 5.74) is 2.48. The number of fused-ring (bicyclic) bond motifs is 1. The highest BCUT2D eigenvalue weighted by Crippen LogP contribution is 2.23. The lowest BCUT2D eigenvalue weighted by Crippen LogP contribution is -2.43. The van der Waals surface area contributed by atoms with Crippen molar-refractivity contribution in [2.45, 2.75) is 25.6 Å². The highest BCUT2D eigenvalue weighted by Gasteiger charge is 2.26. The lowest BCUT2D eigenvalue weighted by Gasteiger charge is -2.32. The van der Waals surface area contributed by atoms with Crippen molar-refractivity contribution in [2.75, 3.05) is 13.1 Å². The van der Waals surface area contributed by atoms with E-state index in [0.29, 0.717) is 23.8 Å². The number of benzene rings is 1. The van der Waals surface area contributed by atoms with Crippen LogP contribution >= 0.6 is 0 Å². The number of piperidine rings is 1. The van der Waals surface area contributed by atoms with Gasteiger partial charge in [0.25, 0.3) is 11.8 Å². The van der Waals surface area contributed by atoms with Gasteiger partial charge in [-0.1, -0.05) is 23.4 Å². The molecule has 4 aromatic rings. The normalized spacial score (nSPS) is 16.8. The van der Waals surface area contributed by atoms with Gasteiger partial charge in [-0.15, -0.1) is 0 Å². The van der Waals surface area contributed by atoms with Crippen LogP contribution in [0.5, 0.6) is 0 Å². The van der Waals surface area contributed by atoms with Gasteiger partial charge in [0, 0.05) is 48.1 Å². The van der Waals surface area contributed by atoms with Crippen molar-refractivity contribution in [1.82, 2.24) is 25.0 Å². The molecule has 1 aliphatic heterocycles. The third kappa shape index (κ3) is 3.69. The topological polar surface area (TPSA) is 97.1 Å². The number of likely N-dealkylation sites (tertiary alicyclic amines) is 1. The molecule has 1 amide bonds. The van der Waals surface area contributed by atoms with Crippen LogP contribution in [0.2, 0.25) is 0 Å². The molecule has 1 fully saturated rings. The van der Waals surface area contributed by atoms with E-state index < -0.39 is 0 Å². The molecule has 0 saturated carbocycles. The van der Waals surface area contributed by atoms with E-state index in [4.69, 9.17) is 9.26 Å². The number of aromatic nitrogens is 4. The van der Waals surface area contributed by atoms with Crippen LogP contribution in [0.4, 0.5) is 0 Å². The van der Waals surface area contributed by atoms with E-state index in [1.54, 1.807) is 18.6 Å². The smallest absolute Gasteiger partial charge is 0.258 e. The van der Waals surface area contributed by atoms with Crippen molar-refractivity contribution < 1.29 is 14.1 Å². The Kier molecular flexibility index (Phi) is 4.98. The summed E-state index contributed by atoms with van der Waals surface area (Å²) in [4.78, 5) is 26.5. The summed E-state index contributed by atoms with van der Waals surface area (Å²) in [6, 6.07) is 11.5. The third-order valence-corrected chi connectivity index (χ3v) is 5.33. The molecule has 0 radical (unpaired) electrons. The van der Waals surface area contributed by atoms with Gasteiger partial charge >= 0.3 is 0 Å². The number of hydrogen-bond donors (Lipinski definition) is 1. The molecule has 152 valence electrons. The minimum atomic E-state index is -0.0595. The largest absolute Gasteiger partial charge is 0.368 e. The Morgan fingerprint density at radius 1 is 1.23 bits per heavy atom. The van der Waals surface area contributed by atoms with Gasteiger partial charge < -0.3 is 19.1 Å². The van der Waals surface area contributed by atoms with Gasteiger partial charge in [0.05, 0.1) is 11.7 Å². The summed E-state index contributed by atoms with van der Waals surface area (Å²) in [6.07, 6.45) is 6.88. The van der Waals surface area contributed by atoms with Crippen molar-refractivity contribution in [1.29, 1.82) is 0 Å². The van der Waals surface area contributed by atoms with Gasteiger partial charge in [0.15, 0.2) is 5.82 Å². The second-order valence-corrected chi connectivity index (χ2v) is 7.33. The average Bonchev–Trinajstić information content (AvgIpc) is 3.45. The van der Waals surface area contributed by atoms with Crippen LogP contribution in [-0.2, 0) is 11.3 Å². The Labute approximate surface area is 172 Å². The fraction of sp³-hybridized carbons (Fsp3) is 0.273. The van der Waals surface area contributed by atoms with Crippen molar-refractivity contribution in [3.8, 4) is 11.5 Å². The first-order valence-corrected chi connectivity index (χ1v) is 9.98. The molecule has 1 saturated heterocycles. The van der Waals surface area contributed by atoms with Crippen LogP contribution in [0.15, 0.2) is 59.5 Å². The molecule has 8 heteroatoms. The van der Waals surface area contributed by atoms with E-state index in [2.05, 4.69) is 20.1 Å². The van der Waals surface area contributed by atoms with E-state index in [0.717, 1.165) is 35.9 Å². The number of hydrogen-bond acceptors (Lipinski definition) is 6. The van der Waals surface area contributed by atoms with Crippen molar-refractivity contribution in [2.24, 2.45) is 0 Å². The molecule has 1 unspecified atom stereocenters. The fourth-order valence-electron chi connectivity index (χ4n) is 3.79. The molecular weight excluding hydrogens is 382 g/mol. The van der Waals surface area contributed by atoms with Gasteiger partial charge in [-0.2, -0.15) is 4.98 Å². The number of rotatable bonds is 5. The SMILES string of the molecule is O=C(c1c[nH]c2ccccc12)N1CCCC(OCc2noc(-c3ccncc3)n2)C1. The highest BCUT2D eigenvalue weighted by atomic mass is 16.5. The van der Waals surface area contributed by atoms with Crippen LogP contribution in [-0.4, -0.2) is 50.1 Å². The molecule has 0 aliphatic carbocycles. The quantitative estimate of drug-likeness (QED) is 0.548. The molecule has 1 aromatic carbocycles. The highest BCUT2D eigenvalue weighted by molar-refractivity contribution is 6.06. The number of para-hydroxylation sites is 1. The van der Waals surface area contributed by atoms with Gasteiger partial charge in [-0.3, -0.25) is 9.78 Å². The molecule has 0 bridgehead atoms. The van der Waals surface area contributed by atoms with E-state index in [-0.39, 0.29) is 18.6 Å². The number of aromatic amines is 1. The summed E-state index contributed by atoms with van der Waals surface area (Å²) < 4.78 is 11.3. The molecule has 0 spiro atoms. The summed E-state index contributed by atoms with van der Waals surface area (Å²) in [6.45, 7) is 1.52. The lowest BCUT2D eigenvalue weighted by atomic mass is 10.1. The predicted molar refractivity (Wildman–Crippen MR) is 110 cm³/mol. The second kappa shape index (κ2) is 8.08. The van der Waals surface area contributed by atoms with Crippen molar-refractivity contribution in [3.05, 3.63) is 66.4 Å². The van der Waals surface area contributed by atoms with Crippen LogP contribution in [0.1, 0.15) is 29.0 Å². The number of carbonyl (C=O) groups is 1. The zero-order valence-electron chi connectivity index (χ0n) is 16.3. The maximum Gasteiger partial charge on any atom is 0.258 e. The predicted octanol–water partition coefficient (Wildman–Crippen LogP) is 3.43. The Morgan fingerprint density at radius 2 is 2.10 bits per heavy atom. The maximum absolute atomic E-state index is 13.1. The molecule has 3 aromatic heterocycles. The minimum Gasteiger partial charge on any atom is -0.368 e. The van der Waals surface area contributed by atoms with Crippen LogP contribution in [0, 0.1) is 0 Å². The van der Waals surface area contributed by atoms with Crippen molar-refractivity contribution >= 4 is 16.8 Å². The van der Waals surface area contributed by atoms with Gasteiger partial charge in [0.1, 0.15) is 6.61 Å². The lowest BCUT2D eigenvalue weighted by molar-refractivity contribution is -0.00955. The zero-order chi connectivity index (χ0) is 20.3. The van der Waals surface area contributed by atoms with Crippen LogP contribution in [0.25, 0.3) is 22.4 Å². The Hall–Kier alpha value is -3.52. The van der Waals surface area contributed by atoms with Crippen LogP contribution < -0.4 is 0 Å². The summed E-state index contributed by atoms with van der Waals surface area (Å²) in [5.74, 6) is 0.956. The van der Waals surface area contributed by atoms with Crippen LogP contribution in [0.3, 0.4) is 0 Å². The first-order chi connectivity index (χ1) is 14.8. The second-order valence-electron chi connectivity index (χ2n) is 7.33. The van der Waals surface area contributed by atoms with Gasteiger partial charge in [-0.05, 0) is 31.0 Å². The standard InChI is InChI=1S/C22H21N5O3/c28-22(18-12-24-19-6-2-1-5-17(18)19)27-11-3-4-16(13-27)29-14-20-25-21(30-26-20)15-7-9-23-10-8-15/h1-2,5-10,12,16,24H,3-4,11,13-14H2. The molecule has 1 aliphatic rings. The van der Waals surface area contributed by atoms with Crippen molar-refractivity contribution in [3.63, 3.8) is 0 Å². The monoisotopic (exact) mass is 403 g/mol. The maximum atomic E-state index is 13.1. The summed E-state index contributed by atoms with van der Waals surface area (Å²) >= 11 is 0. The van der Waals surface area contributed by atoms with Gasteiger partial charge in [-0.25, -0.2) is 0 Å². The summed E-state index contributed by atoms with van der Waals surface area (Å²) in [5, 5.41) is 4.94. The Bertz CT molecular complexity index is 1150. The number of carbonyl (C=O) groups excluding carboxylic acids is 1. The summed E-state index contributed by atoms with van der Waals surface area (Å²) in [7, 11) is 0. The van der Waals surface area contributed by atoms with Gasteiger partial charge in [0.2, 0.25) is 0 Å². The number of H-pyrrole nitrogens is 1. The number of nitrogens with one attached hydrogen (secondary N) is 1. The minimum absolute atomic E-state index is 0.0280. The molecule has 4 heterocycles. The number of ether oxygens (including phenoxy) is 1. The van der Waals surface area contributed by atoms with E-state index in [1.165, 1.54) is 0 Å². The molecular formula is C22H21N5O3. The van der Waals surface area contributed by atoms with E-state index in [1.807, 2.05) is 41.3 Å².